The van der Waals surface area contributed by atoms with Crippen molar-refractivity contribution in [1.82, 2.24) is 0 Å². The van der Waals surface area contributed by atoms with E-state index in [-0.39, 0.29) is 22.5 Å². The fourth-order valence-corrected chi connectivity index (χ4v) is 4.06. The van der Waals surface area contributed by atoms with Gasteiger partial charge in [-0.05, 0) is 61.4 Å². The molecule has 0 fully saturated rings. The van der Waals surface area contributed by atoms with Gasteiger partial charge in [0.25, 0.3) is 5.76 Å². The first-order chi connectivity index (χ1) is 18.4. The molecule has 11 heteroatoms. The second-order valence-corrected chi connectivity index (χ2v) is 8.97. The molecule has 3 aromatic carbocycles. The van der Waals surface area contributed by atoms with E-state index in [0.29, 0.717) is 21.5 Å². The lowest BCUT2D eigenvalue weighted by Gasteiger charge is -2.14. The Morgan fingerprint density at radius 3 is 2.26 bits per heavy atom. The first-order valence-electron chi connectivity index (χ1n) is 11.3. The molecule has 2 aromatic heterocycles. The van der Waals surface area contributed by atoms with Crippen molar-refractivity contribution in [2.24, 2.45) is 0 Å². The average molecular weight is 557 g/mol. The van der Waals surface area contributed by atoms with Gasteiger partial charge >= 0.3 is 17.8 Å². The molecule has 7 nitrogen and oxygen atoms in total. The van der Waals surface area contributed by atoms with Gasteiger partial charge in [0.1, 0.15) is 28.2 Å². The summed E-state index contributed by atoms with van der Waals surface area (Å²) in [6.07, 6.45) is -5.10. The second-order valence-electron chi connectivity index (χ2n) is 8.59. The molecular formula is C28H16ClF3O7. The number of halogens is 4. The highest BCUT2D eigenvalue weighted by Gasteiger charge is 2.40. The largest absolute Gasteiger partial charge is 0.453 e. The van der Waals surface area contributed by atoms with Crippen LogP contribution in [0.1, 0.15) is 27.2 Å². The average Bonchev–Trinajstić information content (AvgIpc) is 2.87. The van der Waals surface area contributed by atoms with Crippen molar-refractivity contribution in [3.05, 3.63) is 109 Å². The van der Waals surface area contributed by atoms with Crippen LogP contribution < -0.4 is 20.5 Å². The molecule has 0 radical (unpaired) electrons. The van der Waals surface area contributed by atoms with Crippen LogP contribution in [-0.4, -0.2) is 5.97 Å². The fourth-order valence-electron chi connectivity index (χ4n) is 3.95. The number of carbonyl (C=O) groups is 1. The molecule has 5 aromatic rings. The van der Waals surface area contributed by atoms with E-state index >= 15 is 0 Å². The van der Waals surface area contributed by atoms with Crippen LogP contribution in [0.4, 0.5) is 13.2 Å². The molecular weight excluding hydrogens is 541 g/mol. The van der Waals surface area contributed by atoms with Crippen molar-refractivity contribution < 1.29 is 36.3 Å². The number of hydrogen-bond acceptors (Lipinski definition) is 7. The molecule has 0 atom stereocenters. The minimum atomic E-state index is -5.10. The van der Waals surface area contributed by atoms with Gasteiger partial charge in [-0.25, -0.2) is 9.59 Å². The predicted molar refractivity (Wildman–Crippen MR) is 136 cm³/mol. The van der Waals surface area contributed by atoms with Crippen LogP contribution in [0.5, 0.6) is 17.2 Å². The smallest absolute Gasteiger partial charge is 0.449 e. The summed E-state index contributed by atoms with van der Waals surface area (Å²) < 4.78 is 62.5. The Bertz CT molecular complexity index is 1880. The Morgan fingerprint density at radius 1 is 0.872 bits per heavy atom. The maximum absolute atomic E-state index is 13.9. The maximum Gasteiger partial charge on any atom is 0.453 e. The number of alkyl halides is 3. The first-order valence-corrected chi connectivity index (χ1v) is 11.7. The minimum absolute atomic E-state index is 0.0358. The van der Waals surface area contributed by atoms with Crippen LogP contribution in [-0.2, 0) is 6.18 Å². The molecule has 198 valence electrons. The summed E-state index contributed by atoms with van der Waals surface area (Å²) in [6, 6.07) is 13.8. The number of carbonyl (C=O) groups excluding carboxylic acids is 1. The molecule has 2 heterocycles. The summed E-state index contributed by atoms with van der Waals surface area (Å²) in [4.78, 5) is 38.0. The zero-order valence-corrected chi connectivity index (χ0v) is 20.9. The Morgan fingerprint density at radius 2 is 1.56 bits per heavy atom. The number of fused-ring (bicyclic) bond motifs is 2. The molecule has 0 amide bonds. The summed E-state index contributed by atoms with van der Waals surface area (Å²) in [7, 11) is 0. The molecule has 0 saturated carbocycles. The third-order valence-electron chi connectivity index (χ3n) is 5.78. The van der Waals surface area contributed by atoms with Crippen LogP contribution in [0.25, 0.3) is 21.9 Å². The Balaban J connectivity index is 1.55. The van der Waals surface area contributed by atoms with Gasteiger partial charge in [-0.3, -0.25) is 4.79 Å². The van der Waals surface area contributed by atoms with Crippen molar-refractivity contribution in [1.29, 1.82) is 0 Å². The zero-order chi connectivity index (χ0) is 28.1. The number of aryl methyl sites for hydroxylation is 2. The number of para-hydroxylation sites is 1. The topological polar surface area (TPSA) is 95.9 Å². The summed E-state index contributed by atoms with van der Waals surface area (Å²) in [5.41, 5.74) is -1.66. The van der Waals surface area contributed by atoms with Crippen LogP contribution in [0.15, 0.2) is 79.1 Å². The number of hydrogen-bond donors (Lipinski definition) is 0. The predicted octanol–water partition coefficient (Wildman–Crippen LogP) is 7.20. The van der Waals surface area contributed by atoms with Crippen LogP contribution in [0.2, 0.25) is 5.02 Å². The normalized spacial score (nSPS) is 11.6. The maximum atomic E-state index is 13.9. The highest BCUT2D eigenvalue weighted by atomic mass is 35.5. The lowest BCUT2D eigenvalue weighted by molar-refractivity contribution is -0.154. The third kappa shape index (κ3) is 4.98. The van der Waals surface area contributed by atoms with Gasteiger partial charge in [-0.2, -0.15) is 13.2 Å². The molecule has 0 aliphatic carbocycles. The Kier molecular flexibility index (Phi) is 6.43. The van der Waals surface area contributed by atoms with Crippen molar-refractivity contribution in [2.75, 3.05) is 0 Å². The van der Waals surface area contributed by atoms with E-state index in [1.54, 1.807) is 38.1 Å². The standard InChI is InChI=1S/C28H16ClF3O7/c1-13-9-17(10-14(2)22(13)29)36-24-23(33)18-8-7-16(12-21(18)38-25(24)28(30,31)32)37-26(34)19-11-15-5-3-4-6-20(15)39-27(19)35/h3-12H,1-2H3. The minimum Gasteiger partial charge on any atom is -0.449 e. The third-order valence-corrected chi connectivity index (χ3v) is 6.38. The van der Waals surface area contributed by atoms with Crippen molar-refractivity contribution >= 4 is 39.5 Å². The van der Waals surface area contributed by atoms with E-state index in [1.165, 1.54) is 24.3 Å². The van der Waals surface area contributed by atoms with Crippen molar-refractivity contribution in [3.63, 3.8) is 0 Å². The highest BCUT2D eigenvalue weighted by molar-refractivity contribution is 6.32. The van der Waals surface area contributed by atoms with Gasteiger partial charge in [0, 0.05) is 16.5 Å². The summed E-state index contributed by atoms with van der Waals surface area (Å²) in [5, 5.41) is 0.611. The molecule has 0 spiro atoms. The van der Waals surface area contributed by atoms with Crippen molar-refractivity contribution in [2.45, 2.75) is 20.0 Å². The Labute approximate surface area is 221 Å². The van der Waals surface area contributed by atoms with Gasteiger partial charge in [0.15, 0.2) is 0 Å². The van der Waals surface area contributed by atoms with E-state index in [2.05, 4.69) is 0 Å². The van der Waals surface area contributed by atoms with Crippen LogP contribution >= 0.6 is 11.6 Å². The lowest BCUT2D eigenvalue weighted by Crippen LogP contribution is -2.19. The molecule has 39 heavy (non-hydrogen) atoms. The highest BCUT2D eigenvalue weighted by Crippen LogP contribution is 2.39. The van der Waals surface area contributed by atoms with Gasteiger partial charge in [0.2, 0.25) is 11.2 Å². The second kappa shape index (κ2) is 9.63. The van der Waals surface area contributed by atoms with Gasteiger partial charge in [-0.15, -0.1) is 0 Å². The lowest BCUT2D eigenvalue weighted by atomic mass is 10.1. The van der Waals surface area contributed by atoms with E-state index < -0.39 is 45.9 Å². The molecule has 0 N–H and O–H groups in total. The number of esters is 1. The summed E-state index contributed by atoms with van der Waals surface area (Å²) in [5.74, 6) is -4.15. The molecule has 0 aliphatic rings. The number of ether oxygens (including phenoxy) is 2. The number of rotatable bonds is 4. The molecule has 5 rings (SSSR count). The van der Waals surface area contributed by atoms with Crippen molar-refractivity contribution in [3.8, 4) is 17.2 Å². The van der Waals surface area contributed by atoms with E-state index in [1.807, 2.05) is 0 Å². The number of benzene rings is 3. The Hall–Kier alpha value is -4.57. The first kappa shape index (κ1) is 26.1. The van der Waals surface area contributed by atoms with E-state index in [9.17, 15) is 27.6 Å². The quantitative estimate of drug-likeness (QED) is 0.131. The monoisotopic (exact) mass is 556 g/mol. The van der Waals surface area contributed by atoms with E-state index in [4.69, 9.17) is 29.9 Å². The van der Waals surface area contributed by atoms with Crippen LogP contribution in [0.3, 0.4) is 0 Å². The fraction of sp³-hybridized carbons (Fsp3) is 0.107. The van der Waals surface area contributed by atoms with Gasteiger partial charge in [-0.1, -0.05) is 29.8 Å². The molecule has 0 aliphatic heterocycles. The van der Waals surface area contributed by atoms with Gasteiger partial charge in [0.05, 0.1) is 5.39 Å². The molecule has 0 unspecified atom stereocenters. The van der Waals surface area contributed by atoms with E-state index in [0.717, 1.165) is 12.1 Å². The molecule has 0 bridgehead atoms. The molecule has 0 saturated heterocycles. The summed E-state index contributed by atoms with van der Waals surface area (Å²) >= 11 is 6.12. The van der Waals surface area contributed by atoms with Gasteiger partial charge < -0.3 is 18.3 Å². The SMILES string of the molecule is Cc1cc(Oc2c(C(F)(F)F)oc3cc(OC(=O)c4cc5ccccc5oc4=O)ccc3c2=O)cc(C)c1Cl. The summed E-state index contributed by atoms with van der Waals surface area (Å²) in [6.45, 7) is 3.28. The zero-order valence-electron chi connectivity index (χ0n) is 20.1. The van der Waals surface area contributed by atoms with Crippen LogP contribution in [0, 0.1) is 13.8 Å².